The Morgan fingerprint density at radius 1 is 1.17 bits per heavy atom. The van der Waals surface area contributed by atoms with Crippen molar-refractivity contribution in [3.8, 4) is 0 Å². The minimum Gasteiger partial charge on any atom is -0.371 e. The van der Waals surface area contributed by atoms with Crippen molar-refractivity contribution < 1.29 is 18.9 Å². The Hall–Kier alpha value is -0.940. The number of hydrogen-bond acceptors (Lipinski definition) is 4. The zero-order valence-electron chi connectivity index (χ0n) is 15.1. The van der Waals surface area contributed by atoms with Gasteiger partial charge in [0.1, 0.15) is 6.10 Å². The Morgan fingerprint density at radius 3 is 2.67 bits per heavy atom. The summed E-state index contributed by atoms with van der Waals surface area (Å²) in [4.78, 5) is 0. The number of ether oxygens (including phenoxy) is 4. The summed E-state index contributed by atoms with van der Waals surface area (Å²) >= 11 is 0. The molecule has 3 rings (SSSR count). The van der Waals surface area contributed by atoms with E-state index < -0.39 is 5.79 Å². The van der Waals surface area contributed by atoms with Gasteiger partial charge in [0, 0.05) is 6.42 Å². The maximum atomic E-state index is 6.24. The molecule has 4 atom stereocenters. The molecular weight excluding hydrogens is 304 g/mol. The third kappa shape index (κ3) is 4.57. The van der Waals surface area contributed by atoms with Gasteiger partial charge in [-0.05, 0) is 25.8 Å². The second-order valence-electron chi connectivity index (χ2n) is 7.28. The van der Waals surface area contributed by atoms with Crippen LogP contribution in [0.5, 0.6) is 0 Å². The highest BCUT2D eigenvalue weighted by Crippen LogP contribution is 2.39. The number of rotatable bonds is 8. The lowest BCUT2D eigenvalue weighted by Gasteiger charge is -2.26. The molecule has 0 unspecified atom stereocenters. The minimum atomic E-state index is -0.539. The predicted octanol–water partition coefficient (Wildman–Crippen LogP) is 4.42. The third-order valence-corrected chi connectivity index (χ3v) is 4.73. The fourth-order valence-electron chi connectivity index (χ4n) is 3.52. The van der Waals surface area contributed by atoms with Gasteiger partial charge in [0.15, 0.2) is 12.1 Å². The first-order valence-electron chi connectivity index (χ1n) is 9.24. The summed E-state index contributed by atoms with van der Waals surface area (Å²) in [5.74, 6) is -0.539. The molecule has 134 valence electrons. The van der Waals surface area contributed by atoms with Gasteiger partial charge in [0.05, 0.1) is 18.8 Å². The highest BCUT2D eigenvalue weighted by molar-refractivity contribution is 5.13. The van der Waals surface area contributed by atoms with Crippen molar-refractivity contribution in [3.05, 3.63) is 35.9 Å². The summed E-state index contributed by atoms with van der Waals surface area (Å²) in [7, 11) is 0. The van der Waals surface area contributed by atoms with Crippen LogP contribution in [0, 0.1) is 0 Å². The van der Waals surface area contributed by atoms with Crippen molar-refractivity contribution in [2.45, 2.75) is 89.9 Å². The highest BCUT2D eigenvalue weighted by atomic mass is 16.8. The Balaban J connectivity index is 1.56. The molecule has 0 N–H and O–H groups in total. The molecule has 0 radical (unpaired) electrons. The van der Waals surface area contributed by atoms with E-state index in [1.54, 1.807) is 0 Å². The first kappa shape index (κ1) is 17.9. The van der Waals surface area contributed by atoms with Gasteiger partial charge in [0.25, 0.3) is 0 Å². The molecule has 0 saturated carbocycles. The topological polar surface area (TPSA) is 36.9 Å². The average Bonchev–Trinajstić information content (AvgIpc) is 3.05. The standard InChI is InChI=1S/C20H30O4/c1-4-5-7-12-16(21-14-15-10-8-6-9-11-15)17-13-18-19(22-17)24-20(2,3)23-18/h6,8-11,16-19H,4-5,7,12-14H2,1-3H3/t16-,17+,18+,19+/m0/s1. The monoisotopic (exact) mass is 334 g/mol. The van der Waals surface area contributed by atoms with Crippen molar-refractivity contribution in [1.29, 1.82) is 0 Å². The molecule has 0 aliphatic carbocycles. The van der Waals surface area contributed by atoms with E-state index in [1.807, 2.05) is 32.0 Å². The molecular formula is C20H30O4. The van der Waals surface area contributed by atoms with Gasteiger partial charge in [-0.3, -0.25) is 0 Å². The van der Waals surface area contributed by atoms with Crippen LogP contribution in [0.15, 0.2) is 30.3 Å². The normalized spacial score (nSPS) is 29.5. The van der Waals surface area contributed by atoms with Gasteiger partial charge < -0.3 is 18.9 Å². The fraction of sp³-hybridized carbons (Fsp3) is 0.700. The maximum absolute atomic E-state index is 6.24. The second kappa shape index (κ2) is 7.96. The van der Waals surface area contributed by atoms with Gasteiger partial charge in [-0.2, -0.15) is 0 Å². The molecule has 1 aromatic rings. The first-order valence-corrected chi connectivity index (χ1v) is 9.24. The van der Waals surface area contributed by atoms with Crippen LogP contribution in [0.4, 0.5) is 0 Å². The Kier molecular flexibility index (Phi) is 5.93. The molecule has 24 heavy (non-hydrogen) atoms. The van der Waals surface area contributed by atoms with Crippen LogP contribution >= 0.6 is 0 Å². The smallest absolute Gasteiger partial charge is 0.187 e. The molecule has 0 bridgehead atoms. The lowest BCUT2D eigenvalue weighted by atomic mass is 10.0. The van der Waals surface area contributed by atoms with E-state index in [9.17, 15) is 0 Å². The predicted molar refractivity (Wildman–Crippen MR) is 92.5 cm³/mol. The lowest BCUT2D eigenvalue weighted by molar-refractivity contribution is -0.218. The average molecular weight is 334 g/mol. The van der Waals surface area contributed by atoms with Crippen molar-refractivity contribution in [2.75, 3.05) is 0 Å². The van der Waals surface area contributed by atoms with Crippen LogP contribution in [-0.4, -0.2) is 30.4 Å². The van der Waals surface area contributed by atoms with E-state index in [4.69, 9.17) is 18.9 Å². The van der Waals surface area contributed by atoms with Gasteiger partial charge in [-0.15, -0.1) is 0 Å². The Labute approximate surface area is 145 Å². The van der Waals surface area contributed by atoms with E-state index in [-0.39, 0.29) is 24.6 Å². The number of benzene rings is 1. The molecule has 2 saturated heterocycles. The van der Waals surface area contributed by atoms with Crippen LogP contribution in [0.25, 0.3) is 0 Å². The third-order valence-electron chi connectivity index (χ3n) is 4.73. The zero-order chi connectivity index (χ0) is 17.0. The summed E-state index contributed by atoms with van der Waals surface area (Å²) in [6.07, 6.45) is 5.40. The van der Waals surface area contributed by atoms with Gasteiger partial charge in [-0.25, -0.2) is 0 Å². The Morgan fingerprint density at radius 2 is 1.96 bits per heavy atom. The zero-order valence-corrected chi connectivity index (χ0v) is 15.1. The number of unbranched alkanes of at least 4 members (excludes halogenated alkanes) is 2. The molecule has 2 heterocycles. The van der Waals surface area contributed by atoms with Gasteiger partial charge in [0.2, 0.25) is 0 Å². The fourth-order valence-corrected chi connectivity index (χ4v) is 3.52. The number of hydrogen-bond donors (Lipinski definition) is 0. The second-order valence-corrected chi connectivity index (χ2v) is 7.28. The van der Waals surface area contributed by atoms with E-state index in [0.29, 0.717) is 6.61 Å². The molecule has 4 nitrogen and oxygen atoms in total. The van der Waals surface area contributed by atoms with E-state index in [2.05, 4.69) is 19.1 Å². The van der Waals surface area contributed by atoms with Crippen LogP contribution in [0.3, 0.4) is 0 Å². The van der Waals surface area contributed by atoms with Crippen LogP contribution < -0.4 is 0 Å². The quantitative estimate of drug-likeness (QED) is 0.660. The molecule has 0 amide bonds. The van der Waals surface area contributed by atoms with E-state index >= 15 is 0 Å². The summed E-state index contributed by atoms with van der Waals surface area (Å²) in [5.41, 5.74) is 1.20. The van der Waals surface area contributed by atoms with Crippen molar-refractivity contribution >= 4 is 0 Å². The molecule has 1 aromatic carbocycles. The summed E-state index contributed by atoms with van der Waals surface area (Å²) in [5, 5.41) is 0. The van der Waals surface area contributed by atoms with Crippen molar-refractivity contribution in [1.82, 2.24) is 0 Å². The molecule has 0 aromatic heterocycles. The number of fused-ring (bicyclic) bond motifs is 1. The largest absolute Gasteiger partial charge is 0.371 e. The molecule has 4 heteroatoms. The first-order chi connectivity index (χ1) is 11.6. The molecule has 2 fully saturated rings. The van der Waals surface area contributed by atoms with Crippen molar-refractivity contribution in [2.24, 2.45) is 0 Å². The van der Waals surface area contributed by atoms with Gasteiger partial charge >= 0.3 is 0 Å². The molecule has 2 aliphatic heterocycles. The van der Waals surface area contributed by atoms with Crippen LogP contribution in [0.1, 0.15) is 58.4 Å². The summed E-state index contributed by atoms with van der Waals surface area (Å²) in [6, 6.07) is 10.3. The highest BCUT2D eigenvalue weighted by Gasteiger charge is 2.50. The van der Waals surface area contributed by atoms with Crippen molar-refractivity contribution in [3.63, 3.8) is 0 Å². The maximum Gasteiger partial charge on any atom is 0.187 e. The van der Waals surface area contributed by atoms with E-state index in [0.717, 1.165) is 12.8 Å². The molecule has 2 aliphatic rings. The lowest BCUT2D eigenvalue weighted by Crippen LogP contribution is -2.32. The van der Waals surface area contributed by atoms with Crippen LogP contribution in [-0.2, 0) is 25.6 Å². The van der Waals surface area contributed by atoms with Crippen LogP contribution in [0.2, 0.25) is 0 Å². The molecule has 0 spiro atoms. The SMILES string of the molecule is CCCCC[C@H](OCc1ccccc1)[C@H]1C[C@H]2OC(C)(C)O[C@H]2O1. The van der Waals surface area contributed by atoms with E-state index in [1.165, 1.54) is 24.8 Å². The Bertz CT molecular complexity index is 486. The minimum absolute atomic E-state index is 0.0269. The summed E-state index contributed by atoms with van der Waals surface area (Å²) in [6.45, 7) is 6.72. The summed E-state index contributed by atoms with van der Waals surface area (Å²) < 4.78 is 24.2. The van der Waals surface area contributed by atoms with Gasteiger partial charge in [-0.1, -0.05) is 56.5 Å².